The summed E-state index contributed by atoms with van der Waals surface area (Å²) in [6.45, 7) is 0.0734. The molecule has 0 saturated carbocycles. The Kier molecular flexibility index (Phi) is 6.87. The van der Waals surface area contributed by atoms with Crippen LogP contribution in [0.5, 0.6) is 17.4 Å². The first-order chi connectivity index (χ1) is 16.4. The van der Waals surface area contributed by atoms with E-state index in [0.29, 0.717) is 22.9 Å². The zero-order valence-corrected chi connectivity index (χ0v) is 19.2. The van der Waals surface area contributed by atoms with Crippen LogP contribution in [0.3, 0.4) is 0 Å². The van der Waals surface area contributed by atoms with E-state index < -0.39 is 17.5 Å². The minimum Gasteiger partial charge on any atom is -0.494 e. The van der Waals surface area contributed by atoms with Gasteiger partial charge in [-0.05, 0) is 42.0 Å². The fourth-order valence-corrected chi connectivity index (χ4v) is 4.54. The van der Waals surface area contributed by atoms with E-state index in [9.17, 15) is 18.7 Å². The van der Waals surface area contributed by atoms with Crippen molar-refractivity contribution < 1.29 is 28.2 Å². The van der Waals surface area contributed by atoms with Crippen molar-refractivity contribution in [2.45, 2.75) is 11.6 Å². The van der Waals surface area contributed by atoms with Gasteiger partial charge in [0.05, 0.1) is 42.3 Å². The summed E-state index contributed by atoms with van der Waals surface area (Å²) in [5.41, 5.74) is 0.689. The number of amides is 1. The number of methoxy groups -OCH3 is 2. The summed E-state index contributed by atoms with van der Waals surface area (Å²) in [6, 6.07) is 12.2. The molecule has 4 rings (SSSR count). The zero-order valence-electron chi connectivity index (χ0n) is 18.3. The molecule has 0 aliphatic heterocycles. The maximum Gasteiger partial charge on any atom is 0.235 e. The number of aromatic nitrogens is 2. The van der Waals surface area contributed by atoms with Crippen LogP contribution < -0.4 is 14.8 Å². The van der Waals surface area contributed by atoms with Crippen LogP contribution in [0.1, 0.15) is 5.56 Å². The van der Waals surface area contributed by atoms with Crippen molar-refractivity contribution in [1.29, 1.82) is 0 Å². The van der Waals surface area contributed by atoms with Crippen LogP contribution in [0.25, 0.3) is 10.8 Å². The summed E-state index contributed by atoms with van der Waals surface area (Å²) in [5, 5.41) is 13.4. The molecule has 2 heterocycles. The Morgan fingerprint density at radius 2 is 1.79 bits per heavy atom. The second-order valence-corrected chi connectivity index (χ2v) is 8.20. The molecular weight excluding hydrogens is 464 g/mol. The molecule has 0 fully saturated rings. The lowest BCUT2D eigenvalue weighted by atomic mass is 10.2. The number of fused-ring (bicyclic) bond motifs is 1. The number of aromatic hydroxyl groups is 1. The van der Waals surface area contributed by atoms with E-state index >= 15 is 0 Å². The number of rotatable bonds is 8. The normalized spacial score (nSPS) is 10.9. The zero-order chi connectivity index (χ0) is 24.2. The Morgan fingerprint density at radius 3 is 2.47 bits per heavy atom. The predicted molar refractivity (Wildman–Crippen MR) is 126 cm³/mol. The maximum absolute atomic E-state index is 14.8. The number of carbonyl (C=O) groups excluding carboxylic acids is 1. The highest BCUT2D eigenvalue weighted by Crippen LogP contribution is 2.41. The first-order valence-corrected chi connectivity index (χ1v) is 11.1. The van der Waals surface area contributed by atoms with Gasteiger partial charge in [0.15, 0.2) is 11.5 Å². The standard InChI is InChI=1S/C24H21F2N3O4S/c1-32-17-9-6-14(11-18(17)33-2)12-29-23(31)21-15(25)7-8-16(26)22(21)24(29)34-13-20(30)28-19-5-3-4-10-27-19/h3-11,31H,12-13H2,1-2H3,(H,27,28,30). The predicted octanol–water partition coefficient (Wildman–Crippen LogP) is 4.82. The van der Waals surface area contributed by atoms with E-state index in [-0.39, 0.29) is 34.0 Å². The number of carbonyl (C=O) groups is 1. The van der Waals surface area contributed by atoms with Gasteiger partial charge in [0.1, 0.15) is 17.5 Å². The molecule has 176 valence electrons. The number of nitrogens with zero attached hydrogens (tertiary/aromatic N) is 2. The van der Waals surface area contributed by atoms with Gasteiger partial charge < -0.3 is 24.5 Å². The number of nitrogens with one attached hydrogen (secondary N) is 1. The molecule has 0 bridgehead atoms. The summed E-state index contributed by atoms with van der Waals surface area (Å²) in [6.07, 6.45) is 1.54. The number of halogens is 2. The molecule has 0 aliphatic carbocycles. The van der Waals surface area contributed by atoms with Gasteiger partial charge in [-0.1, -0.05) is 23.9 Å². The van der Waals surface area contributed by atoms with Crippen molar-refractivity contribution in [3.63, 3.8) is 0 Å². The smallest absolute Gasteiger partial charge is 0.235 e. The molecule has 7 nitrogen and oxygen atoms in total. The first kappa shape index (κ1) is 23.4. The molecule has 0 spiro atoms. The van der Waals surface area contributed by atoms with Gasteiger partial charge in [0.2, 0.25) is 11.8 Å². The van der Waals surface area contributed by atoms with Crippen LogP contribution in [0.4, 0.5) is 14.6 Å². The van der Waals surface area contributed by atoms with Gasteiger partial charge in [0, 0.05) is 6.20 Å². The summed E-state index contributed by atoms with van der Waals surface area (Å²) >= 11 is 0.985. The Bertz CT molecular complexity index is 1350. The molecular formula is C24H21F2N3O4S. The third kappa shape index (κ3) is 4.62. The lowest BCUT2D eigenvalue weighted by Crippen LogP contribution is -2.15. The molecule has 4 aromatic rings. The van der Waals surface area contributed by atoms with Gasteiger partial charge in [-0.2, -0.15) is 0 Å². The molecule has 0 unspecified atom stereocenters. The number of thioether (sulfide) groups is 1. The van der Waals surface area contributed by atoms with Gasteiger partial charge in [0.25, 0.3) is 0 Å². The summed E-state index contributed by atoms with van der Waals surface area (Å²) in [7, 11) is 3.01. The highest BCUT2D eigenvalue weighted by atomic mass is 32.2. The van der Waals surface area contributed by atoms with Gasteiger partial charge >= 0.3 is 0 Å². The summed E-state index contributed by atoms with van der Waals surface area (Å²) < 4.78 is 41.3. The fourth-order valence-electron chi connectivity index (χ4n) is 3.55. The number of hydrogen-bond donors (Lipinski definition) is 2. The molecule has 34 heavy (non-hydrogen) atoms. The second-order valence-electron chi connectivity index (χ2n) is 7.24. The van der Waals surface area contributed by atoms with Crippen LogP contribution in [0.15, 0.2) is 59.8 Å². The molecule has 0 atom stereocenters. The van der Waals surface area contributed by atoms with Crippen molar-refractivity contribution in [1.82, 2.24) is 9.55 Å². The van der Waals surface area contributed by atoms with Crippen LogP contribution >= 0.6 is 11.8 Å². The largest absolute Gasteiger partial charge is 0.494 e. The number of anilines is 1. The number of ether oxygens (including phenoxy) is 2. The van der Waals surface area contributed by atoms with Crippen molar-refractivity contribution in [3.05, 3.63) is 71.9 Å². The molecule has 2 aromatic carbocycles. The van der Waals surface area contributed by atoms with Crippen molar-refractivity contribution >= 4 is 34.3 Å². The first-order valence-electron chi connectivity index (χ1n) is 10.2. The third-order valence-electron chi connectivity index (χ3n) is 5.10. The Balaban J connectivity index is 1.70. The Hall–Kier alpha value is -3.79. The highest BCUT2D eigenvalue weighted by molar-refractivity contribution is 8.00. The average molecular weight is 486 g/mol. The molecule has 2 aromatic heterocycles. The molecule has 0 aliphatic rings. The van der Waals surface area contributed by atoms with Crippen LogP contribution in [-0.2, 0) is 11.3 Å². The average Bonchev–Trinajstić information content (AvgIpc) is 3.13. The van der Waals surface area contributed by atoms with Gasteiger partial charge in [-0.15, -0.1) is 0 Å². The second kappa shape index (κ2) is 10.0. The number of hydrogen-bond acceptors (Lipinski definition) is 6. The monoisotopic (exact) mass is 485 g/mol. The van der Waals surface area contributed by atoms with Crippen molar-refractivity contribution in [2.75, 3.05) is 25.3 Å². The van der Waals surface area contributed by atoms with E-state index in [0.717, 1.165) is 23.9 Å². The van der Waals surface area contributed by atoms with Crippen LogP contribution in [0.2, 0.25) is 0 Å². The van der Waals surface area contributed by atoms with Crippen molar-refractivity contribution in [3.8, 4) is 17.4 Å². The Labute approximate surface area is 198 Å². The molecule has 2 N–H and O–H groups in total. The molecule has 1 amide bonds. The van der Waals surface area contributed by atoms with E-state index in [2.05, 4.69) is 10.3 Å². The minimum absolute atomic E-state index is 0.0734. The maximum atomic E-state index is 14.8. The molecule has 0 saturated heterocycles. The van der Waals surface area contributed by atoms with Crippen molar-refractivity contribution in [2.24, 2.45) is 0 Å². The third-order valence-corrected chi connectivity index (χ3v) is 6.21. The van der Waals surface area contributed by atoms with E-state index in [4.69, 9.17) is 9.47 Å². The quantitative estimate of drug-likeness (QED) is 0.348. The summed E-state index contributed by atoms with van der Waals surface area (Å²) in [5.74, 6) is -1.04. The molecule has 10 heteroatoms. The molecule has 0 radical (unpaired) electrons. The lowest BCUT2D eigenvalue weighted by molar-refractivity contribution is -0.113. The van der Waals surface area contributed by atoms with E-state index in [1.54, 1.807) is 42.6 Å². The van der Waals surface area contributed by atoms with Gasteiger partial charge in [-0.25, -0.2) is 13.8 Å². The SMILES string of the molecule is COc1ccc(Cn2c(O)c3c(F)ccc(F)c3c2SCC(=O)Nc2ccccn2)cc1OC. The van der Waals surface area contributed by atoms with Crippen LogP contribution in [-0.4, -0.2) is 40.5 Å². The number of benzene rings is 2. The van der Waals surface area contributed by atoms with E-state index in [1.807, 2.05) is 0 Å². The highest BCUT2D eigenvalue weighted by Gasteiger charge is 2.24. The fraction of sp³-hybridized carbons (Fsp3) is 0.167. The number of pyridine rings is 1. The minimum atomic E-state index is -0.764. The lowest BCUT2D eigenvalue weighted by Gasteiger charge is -2.13. The van der Waals surface area contributed by atoms with E-state index in [1.165, 1.54) is 18.8 Å². The van der Waals surface area contributed by atoms with Gasteiger partial charge in [-0.3, -0.25) is 4.79 Å². The Morgan fingerprint density at radius 1 is 1.06 bits per heavy atom. The topological polar surface area (TPSA) is 85.6 Å². The summed E-state index contributed by atoms with van der Waals surface area (Å²) in [4.78, 5) is 16.5. The van der Waals surface area contributed by atoms with Crippen LogP contribution in [0, 0.1) is 11.6 Å².